The van der Waals surface area contributed by atoms with Crippen molar-refractivity contribution in [1.82, 2.24) is 0 Å². The third kappa shape index (κ3) is 1.45. The van der Waals surface area contributed by atoms with Crippen LogP contribution in [0.2, 0.25) is 0 Å². The molecule has 1 heterocycles. The van der Waals surface area contributed by atoms with Gasteiger partial charge in [-0.05, 0) is 29.8 Å². The summed E-state index contributed by atoms with van der Waals surface area (Å²) in [5, 5.41) is 3.25. The summed E-state index contributed by atoms with van der Waals surface area (Å²) in [4.78, 5) is 2.35. The topological polar surface area (TPSA) is 52.0 Å². The molecule has 0 bridgehead atoms. The zero-order valence-electron chi connectivity index (χ0n) is 8.28. The molecule has 0 radical (unpaired) electrons. The molecule has 0 fully saturated rings. The number of hydrogen-bond acceptors (Lipinski definition) is 1. The number of azide groups is 1. The second kappa shape index (κ2) is 3.31. The van der Waals surface area contributed by atoms with Gasteiger partial charge in [-0.3, -0.25) is 0 Å². The summed E-state index contributed by atoms with van der Waals surface area (Å²) in [6.07, 6.45) is -0.653. The molecule has 0 N–H and O–H groups in total. The van der Waals surface area contributed by atoms with Gasteiger partial charge in [-0.2, -0.15) is 13.7 Å². The number of nitrogens with zero attached hydrogens (tertiary/aromatic N) is 4. The van der Waals surface area contributed by atoms with Gasteiger partial charge in [0.15, 0.2) is 0 Å². The molecule has 0 aliphatic carbocycles. The SMILES string of the molecule is Cc1cc(F)cc2c1N(N=[N+]=[N-])C(F)(F)C2. The van der Waals surface area contributed by atoms with E-state index in [0.29, 0.717) is 10.6 Å². The first-order valence-corrected chi connectivity index (χ1v) is 4.48. The van der Waals surface area contributed by atoms with Crippen LogP contribution in [0.1, 0.15) is 11.1 Å². The van der Waals surface area contributed by atoms with Crippen molar-refractivity contribution in [2.24, 2.45) is 5.22 Å². The van der Waals surface area contributed by atoms with E-state index in [1.165, 1.54) is 6.92 Å². The lowest BCUT2D eigenvalue weighted by Crippen LogP contribution is -2.33. The lowest BCUT2D eigenvalue weighted by molar-refractivity contribution is 0.00735. The van der Waals surface area contributed by atoms with Crippen LogP contribution in [0.4, 0.5) is 18.9 Å². The van der Waals surface area contributed by atoms with Crippen molar-refractivity contribution < 1.29 is 13.2 Å². The van der Waals surface area contributed by atoms with Crippen LogP contribution < -0.4 is 5.01 Å². The van der Waals surface area contributed by atoms with E-state index < -0.39 is 18.3 Å². The second-order valence-electron chi connectivity index (χ2n) is 3.56. The van der Waals surface area contributed by atoms with Gasteiger partial charge in [-0.1, -0.05) is 0 Å². The smallest absolute Gasteiger partial charge is 0.207 e. The van der Waals surface area contributed by atoms with Crippen molar-refractivity contribution in [1.29, 1.82) is 0 Å². The number of rotatable bonds is 1. The van der Waals surface area contributed by atoms with Crippen LogP contribution in [-0.4, -0.2) is 6.05 Å². The molecule has 0 aromatic heterocycles. The van der Waals surface area contributed by atoms with E-state index >= 15 is 0 Å². The van der Waals surface area contributed by atoms with Crippen LogP contribution >= 0.6 is 0 Å². The Kier molecular flexibility index (Phi) is 2.20. The van der Waals surface area contributed by atoms with E-state index in [-0.39, 0.29) is 11.3 Å². The quantitative estimate of drug-likeness (QED) is 0.315. The molecular weight excluding hydrogens is 221 g/mol. The molecule has 1 aromatic rings. The Morgan fingerprint density at radius 2 is 2.19 bits per heavy atom. The predicted octanol–water partition coefficient (Wildman–Crippen LogP) is 3.31. The average molecular weight is 228 g/mol. The molecule has 0 unspecified atom stereocenters. The standard InChI is InChI=1S/C9H7F3N4/c1-5-2-7(10)3-6-4-9(11,12)16(8(5)6)15-14-13/h2-3H,4H2,1H3. The lowest BCUT2D eigenvalue weighted by atomic mass is 10.1. The number of benzene rings is 1. The minimum absolute atomic E-state index is 0.0872. The Balaban J connectivity index is 2.64. The zero-order valence-corrected chi connectivity index (χ0v) is 8.28. The Morgan fingerprint density at radius 1 is 1.50 bits per heavy atom. The monoisotopic (exact) mass is 228 g/mol. The van der Waals surface area contributed by atoms with Gasteiger partial charge in [0.1, 0.15) is 11.5 Å². The average Bonchev–Trinajstić information content (AvgIpc) is 2.37. The minimum atomic E-state index is -3.30. The number of fused-ring (bicyclic) bond motifs is 1. The Bertz CT molecular complexity index is 494. The van der Waals surface area contributed by atoms with E-state index in [1.807, 2.05) is 0 Å². The number of anilines is 1. The van der Waals surface area contributed by atoms with Crippen molar-refractivity contribution in [2.75, 3.05) is 5.01 Å². The maximum atomic E-state index is 13.4. The van der Waals surface area contributed by atoms with Crippen LogP contribution in [0.15, 0.2) is 17.4 Å². The maximum Gasteiger partial charge on any atom is 0.404 e. The first kappa shape index (κ1) is 10.6. The van der Waals surface area contributed by atoms with E-state index in [0.717, 1.165) is 12.1 Å². The molecule has 16 heavy (non-hydrogen) atoms. The van der Waals surface area contributed by atoms with Gasteiger partial charge >= 0.3 is 6.05 Å². The van der Waals surface area contributed by atoms with Crippen molar-refractivity contribution in [3.8, 4) is 0 Å². The lowest BCUT2D eigenvalue weighted by Gasteiger charge is -2.16. The highest BCUT2D eigenvalue weighted by molar-refractivity contribution is 5.64. The summed E-state index contributed by atoms with van der Waals surface area (Å²) >= 11 is 0. The molecule has 2 rings (SSSR count). The molecule has 0 saturated carbocycles. The van der Waals surface area contributed by atoms with Gasteiger partial charge in [-0.25, -0.2) is 4.39 Å². The summed E-state index contributed by atoms with van der Waals surface area (Å²) < 4.78 is 39.9. The normalized spacial score (nSPS) is 16.9. The third-order valence-corrected chi connectivity index (χ3v) is 2.40. The van der Waals surface area contributed by atoms with E-state index in [2.05, 4.69) is 10.1 Å². The summed E-state index contributed by atoms with van der Waals surface area (Å²) in [5.74, 6) is -0.574. The fourth-order valence-corrected chi connectivity index (χ4v) is 1.86. The number of alkyl halides is 2. The van der Waals surface area contributed by atoms with Gasteiger partial charge in [0.25, 0.3) is 0 Å². The highest BCUT2D eigenvalue weighted by Crippen LogP contribution is 2.43. The molecular formula is C9H7F3N4. The molecule has 0 amide bonds. The number of halogens is 3. The second-order valence-corrected chi connectivity index (χ2v) is 3.56. The first-order valence-electron chi connectivity index (χ1n) is 4.48. The molecule has 0 saturated heterocycles. The molecule has 1 aromatic carbocycles. The fourth-order valence-electron chi connectivity index (χ4n) is 1.86. The molecule has 84 valence electrons. The van der Waals surface area contributed by atoms with E-state index in [4.69, 9.17) is 5.53 Å². The van der Waals surface area contributed by atoms with Crippen molar-refractivity contribution in [2.45, 2.75) is 19.4 Å². The highest BCUT2D eigenvalue weighted by atomic mass is 19.3. The summed E-state index contributed by atoms with van der Waals surface area (Å²) in [5.41, 5.74) is 8.79. The van der Waals surface area contributed by atoms with Gasteiger partial charge in [0.2, 0.25) is 0 Å². The van der Waals surface area contributed by atoms with Crippen LogP contribution in [-0.2, 0) is 6.42 Å². The molecule has 1 aliphatic heterocycles. The van der Waals surface area contributed by atoms with Gasteiger partial charge < -0.3 is 0 Å². The number of hydrogen-bond donors (Lipinski definition) is 0. The molecule has 0 atom stereocenters. The van der Waals surface area contributed by atoms with E-state index in [9.17, 15) is 13.2 Å². The minimum Gasteiger partial charge on any atom is -0.207 e. The van der Waals surface area contributed by atoms with Crippen LogP contribution in [0, 0.1) is 12.7 Å². The van der Waals surface area contributed by atoms with Crippen LogP contribution in [0.3, 0.4) is 0 Å². The Morgan fingerprint density at radius 3 is 2.81 bits per heavy atom. The Hall–Kier alpha value is -1.88. The Labute approximate surface area is 88.9 Å². The number of aryl methyl sites for hydroxylation is 1. The van der Waals surface area contributed by atoms with Crippen molar-refractivity contribution in [3.05, 3.63) is 39.5 Å². The van der Waals surface area contributed by atoms with Gasteiger partial charge in [-0.15, -0.1) is 10.5 Å². The molecule has 7 heteroatoms. The fraction of sp³-hybridized carbons (Fsp3) is 0.333. The third-order valence-electron chi connectivity index (χ3n) is 2.40. The largest absolute Gasteiger partial charge is 0.404 e. The predicted molar refractivity (Wildman–Crippen MR) is 51.4 cm³/mol. The van der Waals surface area contributed by atoms with Crippen LogP contribution in [0.5, 0.6) is 0 Å². The van der Waals surface area contributed by atoms with E-state index in [1.54, 1.807) is 0 Å². The molecule has 1 aliphatic rings. The summed E-state index contributed by atoms with van der Waals surface area (Å²) in [6.45, 7) is 1.49. The van der Waals surface area contributed by atoms with Crippen molar-refractivity contribution in [3.63, 3.8) is 0 Å². The van der Waals surface area contributed by atoms with Crippen LogP contribution in [0.25, 0.3) is 10.4 Å². The molecule has 0 spiro atoms. The van der Waals surface area contributed by atoms with Gasteiger partial charge in [0, 0.05) is 5.56 Å². The van der Waals surface area contributed by atoms with Crippen molar-refractivity contribution >= 4 is 5.69 Å². The maximum absolute atomic E-state index is 13.4. The summed E-state index contributed by atoms with van der Waals surface area (Å²) in [6, 6.07) is -1.14. The zero-order chi connectivity index (χ0) is 11.9. The highest BCUT2D eigenvalue weighted by Gasteiger charge is 2.50. The first-order chi connectivity index (χ1) is 7.45. The van der Waals surface area contributed by atoms with Gasteiger partial charge in [0.05, 0.1) is 6.42 Å². The molecule has 4 nitrogen and oxygen atoms in total. The summed E-state index contributed by atoms with van der Waals surface area (Å²) in [7, 11) is 0.